The Kier molecular flexibility index (Phi) is 6.76. The van der Waals surface area contributed by atoms with Gasteiger partial charge in [-0.25, -0.2) is 4.98 Å². The largest absolute Gasteiger partial charge is 0.456 e. The Morgan fingerprint density at radius 3 is 2.50 bits per heavy atom. The Balaban J connectivity index is 1.46. The molecule has 3 rings (SSSR count). The lowest BCUT2D eigenvalue weighted by atomic mass is 10.2. The molecule has 0 saturated heterocycles. The van der Waals surface area contributed by atoms with E-state index in [1.54, 1.807) is 16.2 Å². The van der Waals surface area contributed by atoms with Crippen molar-refractivity contribution in [1.82, 2.24) is 4.98 Å². The molecule has 0 unspecified atom stereocenters. The summed E-state index contributed by atoms with van der Waals surface area (Å²) in [6.45, 7) is 3.63. The van der Waals surface area contributed by atoms with Crippen molar-refractivity contribution in [3.63, 3.8) is 0 Å². The van der Waals surface area contributed by atoms with Crippen LogP contribution in [-0.2, 0) is 20.7 Å². The minimum absolute atomic E-state index is 0.0207. The van der Waals surface area contributed by atoms with Crippen molar-refractivity contribution < 1.29 is 14.3 Å². The predicted octanol–water partition coefficient (Wildman–Crippen LogP) is 4.60. The highest BCUT2D eigenvalue weighted by atomic mass is 32.1. The molecule has 0 saturated carbocycles. The van der Waals surface area contributed by atoms with Crippen molar-refractivity contribution >= 4 is 39.1 Å². The van der Waals surface area contributed by atoms with E-state index in [4.69, 9.17) is 4.74 Å². The van der Waals surface area contributed by atoms with Gasteiger partial charge in [-0.3, -0.25) is 9.59 Å². The van der Waals surface area contributed by atoms with Crippen LogP contribution in [0.3, 0.4) is 0 Å². The SMILES string of the molecule is CC(C)N(C(=O)COC(=O)CCCc1nc2ccccc2s1)c1ccccc1. The molecule has 3 aromatic rings. The molecule has 5 nitrogen and oxygen atoms in total. The first kappa shape index (κ1) is 20.0. The summed E-state index contributed by atoms with van der Waals surface area (Å²) in [7, 11) is 0. The summed E-state index contributed by atoms with van der Waals surface area (Å²) >= 11 is 1.65. The second kappa shape index (κ2) is 9.46. The first-order valence-corrected chi connectivity index (χ1v) is 10.2. The molecule has 146 valence electrons. The number of aromatic nitrogens is 1. The average Bonchev–Trinajstić information content (AvgIpc) is 3.10. The summed E-state index contributed by atoms with van der Waals surface area (Å²) in [5.74, 6) is -0.577. The number of hydrogen-bond donors (Lipinski definition) is 0. The molecule has 0 fully saturated rings. The number of fused-ring (bicyclic) bond motifs is 1. The van der Waals surface area contributed by atoms with Crippen molar-refractivity contribution in [2.45, 2.75) is 39.2 Å². The Morgan fingerprint density at radius 1 is 1.07 bits per heavy atom. The van der Waals surface area contributed by atoms with Crippen LogP contribution < -0.4 is 4.90 Å². The van der Waals surface area contributed by atoms with Gasteiger partial charge in [0, 0.05) is 18.2 Å². The minimum Gasteiger partial charge on any atom is -0.456 e. The number of benzene rings is 2. The van der Waals surface area contributed by atoms with Crippen LogP contribution in [0.2, 0.25) is 0 Å². The van der Waals surface area contributed by atoms with Gasteiger partial charge >= 0.3 is 5.97 Å². The molecule has 2 aromatic carbocycles. The number of nitrogens with zero attached hydrogens (tertiary/aromatic N) is 2. The molecule has 0 aliphatic heterocycles. The maximum Gasteiger partial charge on any atom is 0.306 e. The van der Waals surface area contributed by atoms with Crippen LogP contribution in [0.1, 0.15) is 31.7 Å². The quantitative estimate of drug-likeness (QED) is 0.522. The van der Waals surface area contributed by atoms with Crippen molar-refractivity contribution in [2.24, 2.45) is 0 Å². The highest BCUT2D eigenvalue weighted by Crippen LogP contribution is 2.23. The fourth-order valence-electron chi connectivity index (χ4n) is 3.01. The van der Waals surface area contributed by atoms with Crippen LogP contribution in [-0.4, -0.2) is 29.5 Å². The standard InChI is InChI=1S/C22H24N2O3S/c1-16(2)24(17-9-4-3-5-10-17)21(25)15-27-22(26)14-8-13-20-23-18-11-6-7-12-19(18)28-20/h3-7,9-12,16H,8,13-15H2,1-2H3. The van der Waals surface area contributed by atoms with E-state index in [0.717, 1.165) is 27.3 Å². The Hall–Kier alpha value is -2.73. The van der Waals surface area contributed by atoms with Crippen molar-refractivity contribution in [2.75, 3.05) is 11.5 Å². The molecule has 28 heavy (non-hydrogen) atoms. The average molecular weight is 397 g/mol. The van der Waals surface area contributed by atoms with Gasteiger partial charge in [-0.2, -0.15) is 0 Å². The molecule has 6 heteroatoms. The summed E-state index contributed by atoms with van der Waals surface area (Å²) in [4.78, 5) is 30.8. The van der Waals surface area contributed by atoms with E-state index in [0.29, 0.717) is 6.42 Å². The molecular formula is C22H24N2O3S. The van der Waals surface area contributed by atoms with Crippen LogP contribution in [0.25, 0.3) is 10.2 Å². The summed E-state index contributed by atoms with van der Waals surface area (Å²) in [6.07, 6.45) is 1.65. The van der Waals surface area contributed by atoms with E-state index < -0.39 is 0 Å². The Morgan fingerprint density at radius 2 is 1.79 bits per heavy atom. The molecule has 1 aromatic heterocycles. The van der Waals surface area contributed by atoms with E-state index in [2.05, 4.69) is 4.98 Å². The van der Waals surface area contributed by atoms with Gasteiger partial charge in [0.25, 0.3) is 5.91 Å². The number of carbonyl (C=O) groups is 2. The third-order valence-electron chi connectivity index (χ3n) is 4.29. The Labute approximate surface area is 169 Å². The number of ether oxygens (including phenoxy) is 1. The first-order chi connectivity index (χ1) is 13.5. The van der Waals surface area contributed by atoms with E-state index in [9.17, 15) is 9.59 Å². The fourth-order valence-corrected chi connectivity index (χ4v) is 4.02. The van der Waals surface area contributed by atoms with Gasteiger partial charge in [0.1, 0.15) is 0 Å². The van der Waals surface area contributed by atoms with Gasteiger partial charge in [0.15, 0.2) is 6.61 Å². The van der Waals surface area contributed by atoms with Gasteiger partial charge in [-0.15, -0.1) is 11.3 Å². The molecule has 1 heterocycles. The molecule has 0 N–H and O–H groups in total. The number of esters is 1. The maximum absolute atomic E-state index is 12.5. The molecule has 0 aliphatic carbocycles. The lowest BCUT2D eigenvalue weighted by molar-refractivity contribution is -0.148. The molecule has 1 amide bonds. The van der Waals surface area contributed by atoms with Crippen molar-refractivity contribution in [3.8, 4) is 0 Å². The number of thiazole rings is 1. The fraction of sp³-hybridized carbons (Fsp3) is 0.318. The number of anilines is 1. The number of aryl methyl sites for hydroxylation is 1. The second-order valence-electron chi connectivity index (χ2n) is 6.78. The lowest BCUT2D eigenvalue weighted by Crippen LogP contribution is -2.39. The summed E-state index contributed by atoms with van der Waals surface area (Å²) in [5, 5.41) is 1.01. The van der Waals surface area contributed by atoms with Crippen LogP contribution in [0.5, 0.6) is 0 Å². The zero-order valence-electron chi connectivity index (χ0n) is 16.1. The molecule has 0 bridgehead atoms. The van der Waals surface area contributed by atoms with Gasteiger partial charge < -0.3 is 9.64 Å². The first-order valence-electron chi connectivity index (χ1n) is 9.42. The lowest BCUT2D eigenvalue weighted by Gasteiger charge is -2.26. The van der Waals surface area contributed by atoms with E-state index in [-0.39, 0.29) is 30.9 Å². The molecule has 0 spiro atoms. The van der Waals surface area contributed by atoms with Crippen LogP contribution in [0.15, 0.2) is 54.6 Å². The van der Waals surface area contributed by atoms with Crippen LogP contribution >= 0.6 is 11.3 Å². The number of amides is 1. The van der Waals surface area contributed by atoms with Gasteiger partial charge in [-0.05, 0) is 51.0 Å². The summed E-state index contributed by atoms with van der Waals surface area (Å²) in [6, 6.07) is 17.4. The Bertz CT molecular complexity index is 904. The highest BCUT2D eigenvalue weighted by Gasteiger charge is 2.20. The number of rotatable bonds is 8. The normalized spacial score (nSPS) is 11.0. The third kappa shape index (κ3) is 5.16. The van der Waals surface area contributed by atoms with E-state index in [1.807, 2.05) is 68.4 Å². The van der Waals surface area contributed by atoms with Gasteiger partial charge in [-0.1, -0.05) is 30.3 Å². The molecule has 0 atom stereocenters. The topological polar surface area (TPSA) is 59.5 Å². The van der Waals surface area contributed by atoms with E-state index >= 15 is 0 Å². The molecule has 0 aliphatic rings. The minimum atomic E-state index is -0.355. The summed E-state index contributed by atoms with van der Waals surface area (Å²) in [5.41, 5.74) is 1.79. The third-order valence-corrected chi connectivity index (χ3v) is 5.38. The zero-order valence-corrected chi connectivity index (χ0v) is 16.9. The maximum atomic E-state index is 12.5. The smallest absolute Gasteiger partial charge is 0.306 e. The van der Waals surface area contributed by atoms with Gasteiger partial charge in [0.05, 0.1) is 15.2 Å². The summed E-state index contributed by atoms with van der Waals surface area (Å²) < 4.78 is 6.36. The van der Waals surface area contributed by atoms with Crippen LogP contribution in [0, 0.1) is 0 Å². The van der Waals surface area contributed by atoms with Crippen molar-refractivity contribution in [1.29, 1.82) is 0 Å². The van der Waals surface area contributed by atoms with Crippen LogP contribution in [0.4, 0.5) is 5.69 Å². The predicted molar refractivity (Wildman–Crippen MR) is 113 cm³/mol. The van der Waals surface area contributed by atoms with Crippen molar-refractivity contribution in [3.05, 3.63) is 59.6 Å². The number of hydrogen-bond acceptors (Lipinski definition) is 5. The second-order valence-corrected chi connectivity index (χ2v) is 7.90. The molecular weight excluding hydrogens is 372 g/mol. The molecule has 0 radical (unpaired) electrons. The monoisotopic (exact) mass is 396 g/mol. The van der Waals surface area contributed by atoms with Gasteiger partial charge in [0.2, 0.25) is 0 Å². The zero-order chi connectivity index (χ0) is 19.9. The number of carbonyl (C=O) groups excluding carboxylic acids is 2. The van der Waals surface area contributed by atoms with E-state index in [1.165, 1.54) is 0 Å². The highest BCUT2D eigenvalue weighted by molar-refractivity contribution is 7.18. The number of para-hydroxylation sites is 2.